The normalized spacial score (nSPS) is 11.4. The molecule has 0 aliphatic heterocycles. The number of carbonyl (C=O) groups is 1. The van der Waals surface area contributed by atoms with Crippen molar-refractivity contribution in [2.45, 2.75) is 19.6 Å². The lowest BCUT2D eigenvalue weighted by atomic mass is 10.2. The third-order valence-electron chi connectivity index (χ3n) is 2.74. The minimum absolute atomic E-state index is 0.0242. The quantitative estimate of drug-likeness (QED) is 0.906. The Morgan fingerprint density at radius 3 is 2.76 bits per heavy atom. The van der Waals surface area contributed by atoms with E-state index in [0.717, 1.165) is 6.07 Å². The Balaban J connectivity index is 2.18. The molecule has 8 heteroatoms. The van der Waals surface area contributed by atoms with Gasteiger partial charge in [0.1, 0.15) is 22.9 Å². The summed E-state index contributed by atoms with van der Waals surface area (Å²) in [7, 11) is 0. The number of carboxylic acids is 1. The fourth-order valence-corrected chi connectivity index (χ4v) is 1.79. The summed E-state index contributed by atoms with van der Waals surface area (Å²) in [5, 5.41) is 11.4. The highest BCUT2D eigenvalue weighted by atomic mass is 19.4. The standard InChI is InChI=1S/C13H11F3N2O3/c1-7-9(12(19)20)5-8(21-7)6-18-11-10(13(14,15)16)3-2-4-17-11/h2-5H,6H2,1H3,(H,17,18)(H,19,20). The van der Waals surface area contributed by atoms with Crippen molar-refractivity contribution >= 4 is 11.8 Å². The Kier molecular flexibility index (Phi) is 3.88. The highest BCUT2D eigenvalue weighted by molar-refractivity contribution is 5.88. The molecule has 2 heterocycles. The maximum atomic E-state index is 12.8. The van der Waals surface area contributed by atoms with Gasteiger partial charge in [0.05, 0.1) is 12.1 Å². The number of hydrogen-bond acceptors (Lipinski definition) is 4. The molecule has 0 saturated carbocycles. The second-order valence-corrected chi connectivity index (χ2v) is 4.24. The number of rotatable bonds is 4. The Hall–Kier alpha value is -2.51. The molecule has 5 nitrogen and oxygen atoms in total. The third kappa shape index (κ3) is 3.33. The van der Waals surface area contributed by atoms with Crippen molar-refractivity contribution < 1.29 is 27.5 Å². The van der Waals surface area contributed by atoms with Gasteiger partial charge in [0.25, 0.3) is 0 Å². The van der Waals surface area contributed by atoms with Gasteiger partial charge in [0.2, 0.25) is 0 Å². The van der Waals surface area contributed by atoms with Gasteiger partial charge in [0, 0.05) is 6.20 Å². The number of carboxylic acid groups (broad SMARTS) is 1. The average molecular weight is 300 g/mol. The van der Waals surface area contributed by atoms with Crippen LogP contribution in [0.15, 0.2) is 28.8 Å². The SMILES string of the molecule is Cc1oc(CNc2ncccc2C(F)(F)F)cc1C(=O)O. The van der Waals surface area contributed by atoms with E-state index in [1.165, 1.54) is 25.3 Å². The first kappa shape index (κ1) is 14.9. The van der Waals surface area contributed by atoms with E-state index in [2.05, 4.69) is 10.3 Å². The number of pyridine rings is 1. The molecule has 21 heavy (non-hydrogen) atoms. The van der Waals surface area contributed by atoms with Crippen molar-refractivity contribution in [3.8, 4) is 0 Å². The highest BCUT2D eigenvalue weighted by Gasteiger charge is 2.34. The lowest BCUT2D eigenvalue weighted by Gasteiger charge is -2.12. The zero-order valence-electron chi connectivity index (χ0n) is 10.9. The summed E-state index contributed by atoms with van der Waals surface area (Å²) in [6.45, 7) is 1.36. The van der Waals surface area contributed by atoms with Crippen LogP contribution in [0.4, 0.5) is 19.0 Å². The second kappa shape index (κ2) is 5.47. The first-order valence-corrected chi connectivity index (χ1v) is 5.87. The van der Waals surface area contributed by atoms with Crippen LogP contribution in [0.1, 0.15) is 27.4 Å². The van der Waals surface area contributed by atoms with E-state index in [0.29, 0.717) is 0 Å². The largest absolute Gasteiger partial charge is 0.478 e. The Morgan fingerprint density at radius 2 is 2.19 bits per heavy atom. The van der Waals surface area contributed by atoms with Crippen LogP contribution < -0.4 is 5.32 Å². The topological polar surface area (TPSA) is 75.4 Å². The lowest BCUT2D eigenvalue weighted by Crippen LogP contribution is -2.11. The summed E-state index contributed by atoms with van der Waals surface area (Å²) < 4.78 is 43.5. The van der Waals surface area contributed by atoms with Crippen molar-refractivity contribution in [1.82, 2.24) is 4.98 Å². The van der Waals surface area contributed by atoms with Crippen LogP contribution in [0.5, 0.6) is 0 Å². The average Bonchev–Trinajstić information content (AvgIpc) is 2.77. The molecule has 0 unspecified atom stereocenters. The predicted molar refractivity (Wildman–Crippen MR) is 67.0 cm³/mol. The van der Waals surface area contributed by atoms with Crippen molar-refractivity contribution in [3.63, 3.8) is 0 Å². The molecular weight excluding hydrogens is 289 g/mol. The van der Waals surface area contributed by atoms with Gasteiger partial charge >= 0.3 is 12.1 Å². The molecule has 0 aliphatic carbocycles. The van der Waals surface area contributed by atoms with Crippen LogP contribution in [0.2, 0.25) is 0 Å². The number of nitrogens with one attached hydrogen (secondary N) is 1. The second-order valence-electron chi connectivity index (χ2n) is 4.24. The fourth-order valence-electron chi connectivity index (χ4n) is 1.79. The number of halogens is 3. The summed E-state index contributed by atoms with van der Waals surface area (Å²) >= 11 is 0. The van der Waals surface area contributed by atoms with Crippen LogP contribution in [-0.2, 0) is 12.7 Å². The first-order valence-electron chi connectivity index (χ1n) is 5.87. The van der Waals surface area contributed by atoms with Crippen molar-refractivity contribution in [2.75, 3.05) is 5.32 Å². The Bertz CT molecular complexity index is 665. The van der Waals surface area contributed by atoms with Crippen molar-refractivity contribution in [1.29, 1.82) is 0 Å². The molecule has 0 saturated heterocycles. The number of nitrogens with zero attached hydrogens (tertiary/aromatic N) is 1. The van der Waals surface area contributed by atoms with Gasteiger partial charge in [0.15, 0.2) is 0 Å². The number of hydrogen-bond donors (Lipinski definition) is 2. The van der Waals surface area contributed by atoms with Gasteiger partial charge in [-0.05, 0) is 25.1 Å². The van der Waals surface area contributed by atoms with E-state index in [4.69, 9.17) is 9.52 Å². The maximum Gasteiger partial charge on any atom is 0.419 e. The molecule has 2 aromatic heterocycles. The first-order chi connectivity index (χ1) is 9.79. The maximum absolute atomic E-state index is 12.8. The summed E-state index contributed by atoms with van der Waals surface area (Å²) in [6, 6.07) is 3.36. The molecule has 112 valence electrons. The molecule has 0 spiro atoms. The monoisotopic (exact) mass is 300 g/mol. The minimum Gasteiger partial charge on any atom is -0.478 e. The highest BCUT2D eigenvalue weighted by Crippen LogP contribution is 2.33. The van der Waals surface area contributed by atoms with Gasteiger partial charge in [-0.3, -0.25) is 0 Å². The van der Waals surface area contributed by atoms with Crippen LogP contribution in [-0.4, -0.2) is 16.1 Å². The van der Waals surface area contributed by atoms with Gasteiger partial charge in [-0.1, -0.05) is 0 Å². The molecule has 0 radical (unpaired) electrons. The van der Waals surface area contributed by atoms with E-state index in [9.17, 15) is 18.0 Å². The molecule has 2 N–H and O–H groups in total. The van der Waals surface area contributed by atoms with Crippen LogP contribution >= 0.6 is 0 Å². The van der Waals surface area contributed by atoms with Crippen LogP contribution in [0, 0.1) is 6.92 Å². The third-order valence-corrected chi connectivity index (χ3v) is 2.74. The van der Waals surface area contributed by atoms with E-state index in [1.807, 2.05) is 0 Å². The number of aromatic carboxylic acids is 1. The summed E-state index contributed by atoms with van der Waals surface area (Å²) in [6.07, 6.45) is -3.30. The Labute approximate surface area is 117 Å². The zero-order chi connectivity index (χ0) is 15.6. The molecular formula is C13H11F3N2O3. The van der Waals surface area contributed by atoms with E-state index in [-0.39, 0.29) is 29.4 Å². The number of anilines is 1. The summed E-state index contributed by atoms with van der Waals surface area (Å²) in [5.74, 6) is -1.09. The minimum atomic E-state index is -4.53. The van der Waals surface area contributed by atoms with Gasteiger partial charge in [-0.2, -0.15) is 13.2 Å². The molecule has 0 atom stereocenters. The molecule has 2 rings (SSSR count). The number of aryl methyl sites for hydroxylation is 1. The van der Waals surface area contributed by atoms with E-state index < -0.39 is 17.7 Å². The smallest absolute Gasteiger partial charge is 0.419 e. The molecule has 0 fully saturated rings. The Morgan fingerprint density at radius 1 is 1.48 bits per heavy atom. The predicted octanol–water partition coefficient (Wildman–Crippen LogP) is 3.31. The molecule has 0 aliphatic rings. The molecule has 2 aromatic rings. The number of alkyl halides is 3. The zero-order valence-corrected chi connectivity index (χ0v) is 10.9. The van der Waals surface area contributed by atoms with Crippen LogP contribution in [0.3, 0.4) is 0 Å². The van der Waals surface area contributed by atoms with E-state index in [1.54, 1.807) is 0 Å². The number of aromatic nitrogens is 1. The van der Waals surface area contributed by atoms with Crippen molar-refractivity contribution in [3.05, 3.63) is 47.0 Å². The molecule has 0 amide bonds. The summed E-state index contributed by atoms with van der Waals surface area (Å²) in [5.41, 5.74) is -0.921. The van der Waals surface area contributed by atoms with Gasteiger partial charge in [-0.25, -0.2) is 9.78 Å². The summed E-state index contributed by atoms with van der Waals surface area (Å²) in [4.78, 5) is 14.5. The van der Waals surface area contributed by atoms with Crippen molar-refractivity contribution in [2.24, 2.45) is 0 Å². The van der Waals surface area contributed by atoms with E-state index >= 15 is 0 Å². The van der Waals surface area contributed by atoms with Crippen LogP contribution in [0.25, 0.3) is 0 Å². The van der Waals surface area contributed by atoms with Gasteiger partial charge in [-0.15, -0.1) is 0 Å². The van der Waals surface area contributed by atoms with Gasteiger partial charge < -0.3 is 14.8 Å². The number of furan rings is 1. The molecule has 0 aromatic carbocycles. The fraction of sp³-hybridized carbons (Fsp3) is 0.231. The molecule has 0 bridgehead atoms. The lowest BCUT2D eigenvalue weighted by molar-refractivity contribution is -0.137.